The number of nitrogens with one attached hydrogen (secondary N) is 3. The molecule has 6 nitrogen and oxygen atoms in total. The summed E-state index contributed by atoms with van der Waals surface area (Å²) in [5.41, 5.74) is 5.31. The van der Waals surface area contributed by atoms with Crippen LogP contribution in [0.15, 0.2) is 29.2 Å². The van der Waals surface area contributed by atoms with E-state index in [1.54, 1.807) is 12.1 Å². The second kappa shape index (κ2) is 5.21. The summed E-state index contributed by atoms with van der Waals surface area (Å²) in [7, 11) is -3.63. The van der Waals surface area contributed by atoms with Crippen molar-refractivity contribution in [3.8, 4) is 0 Å². The summed E-state index contributed by atoms with van der Waals surface area (Å²) in [5.74, 6) is 4.97. The van der Waals surface area contributed by atoms with Crippen LogP contribution >= 0.6 is 12.2 Å². The van der Waals surface area contributed by atoms with Gasteiger partial charge in [0, 0.05) is 0 Å². The van der Waals surface area contributed by atoms with Gasteiger partial charge in [-0.1, -0.05) is 17.7 Å². The normalized spacial score (nSPS) is 10.9. The highest BCUT2D eigenvalue weighted by molar-refractivity contribution is 7.89. The molecule has 0 aromatic heterocycles. The van der Waals surface area contributed by atoms with Crippen LogP contribution in [-0.2, 0) is 10.0 Å². The maximum Gasteiger partial charge on any atom is 0.257 e. The van der Waals surface area contributed by atoms with Crippen LogP contribution in [-0.4, -0.2) is 13.5 Å². The molecule has 5 N–H and O–H groups in total. The summed E-state index contributed by atoms with van der Waals surface area (Å²) in [5, 5.41) is -0.0179. The first-order chi connectivity index (χ1) is 7.45. The van der Waals surface area contributed by atoms with Gasteiger partial charge in [-0.2, -0.15) is 0 Å². The highest BCUT2D eigenvalue weighted by Crippen LogP contribution is 2.08. The first-order valence-corrected chi connectivity index (χ1v) is 6.20. The van der Waals surface area contributed by atoms with E-state index < -0.39 is 10.0 Å². The van der Waals surface area contributed by atoms with Gasteiger partial charge in [0.15, 0.2) is 5.11 Å². The molecule has 0 spiro atoms. The highest BCUT2D eigenvalue weighted by atomic mass is 32.2. The Bertz CT molecular complexity index is 469. The van der Waals surface area contributed by atoms with Crippen LogP contribution < -0.4 is 21.5 Å². The van der Waals surface area contributed by atoms with E-state index in [0.717, 1.165) is 5.56 Å². The van der Waals surface area contributed by atoms with Gasteiger partial charge in [0.25, 0.3) is 10.0 Å². The Morgan fingerprint density at radius 3 is 2.38 bits per heavy atom. The minimum absolute atomic E-state index is 0.0179. The molecule has 1 rings (SSSR count). The molecule has 0 aliphatic heterocycles. The third kappa shape index (κ3) is 3.42. The van der Waals surface area contributed by atoms with Crippen LogP contribution in [0, 0.1) is 6.92 Å². The molecule has 0 amide bonds. The van der Waals surface area contributed by atoms with Gasteiger partial charge in [0.2, 0.25) is 0 Å². The Morgan fingerprint density at radius 2 is 1.88 bits per heavy atom. The third-order valence-corrected chi connectivity index (χ3v) is 3.24. The second-order valence-electron chi connectivity index (χ2n) is 3.02. The number of hydrogen-bond acceptors (Lipinski definition) is 4. The van der Waals surface area contributed by atoms with E-state index in [2.05, 4.69) is 27.9 Å². The Kier molecular flexibility index (Phi) is 4.19. The smallest absolute Gasteiger partial charge is 0.257 e. The van der Waals surface area contributed by atoms with Gasteiger partial charge in [0.05, 0.1) is 4.90 Å². The molecule has 16 heavy (non-hydrogen) atoms. The fourth-order valence-electron chi connectivity index (χ4n) is 0.926. The van der Waals surface area contributed by atoms with Gasteiger partial charge in [-0.15, -0.1) is 4.83 Å². The SMILES string of the molecule is Cc1ccc(S(=O)(=O)NNC(=S)NN)cc1. The predicted molar refractivity (Wildman–Crippen MR) is 64.6 cm³/mol. The summed E-state index contributed by atoms with van der Waals surface area (Å²) >= 11 is 4.62. The molecular formula is C8H12N4O2S2. The van der Waals surface area contributed by atoms with E-state index in [1.165, 1.54) is 12.1 Å². The van der Waals surface area contributed by atoms with E-state index >= 15 is 0 Å². The van der Waals surface area contributed by atoms with Crippen molar-refractivity contribution in [2.24, 2.45) is 5.84 Å². The number of hydrazine groups is 2. The van der Waals surface area contributed by atoms with Gasteiger partial charge in [-0.05, 0) is 31.3 Å². The average Bonchev–Trinajstić information content (AvgIpc) is 2.26. The van der Waals surface area contributed by atoms with E-state index in [4.69, 9.17) is 5.84 Å². The van der Waals surface area contributed by atoms with Crippen molar-refractivity contribution in [2.75, 3.05) is 0 Å². The summed E-state index contributed by atoms with van der Waals surface area (Å²) in [6.07, 6.45) is 0. The first-order valence-electron chi connectivity index (χ1n) is 4.31. The van der Waals surface area contributed by atoms with Gasteiger partial charge in [0.1, 0.15) is 0 Å². The van der Waals surface area contributed by atoms with Gasteiger partial charge in [-0.3, -0.25) is 10.9 Å². The summed E-state index contributed by atoms with van der Waals surface area (Å²) in [6, 6.07) is 6.40. The number of sulfonamides is 1. The largest absolute Gasteiger partial charge is 0.300 e. The summed E-state index contributed by atoms with van der Waals surface area (Å²) in [6.45, 7) is 1.87. The zero-order valence-electron chi connectivity index (χ0n) is 8.52. The van der Waals surface area contributed by atoms with Crippen LogP contribution in [0.2, 0.25) is 0 Å². The lowest BCUT2D eigenvalue weighted by molar-refractivity contribution is 0.576. The molecule has 1 aromatic rings. The van der Waals surface area contributed by atoms with E-state index in [9.17, 15) is 8.42 Å². The van der Waals surface area contributed by atoms with Crippen LogP contribution in [0.1, 0.15) is 5.56 Å². The van der Waals surface area contributed by atoms with Crippen LogP contribution in [0.4, 0.5) is 0 Å². The molecule has 0 heterocycles. The lowest BCUT2D eigenvalue weighted by Gasteiger charge is -2.09. The highest BCUT2D eigenvalue weighted by Gasteiger charge is 2.13. The molecule has 0 saturated carbocycles. The quantitative estimate of drug-likeness (QED) is 0.333. The zero-order chi connectivity index (χ0) is 12.2. The molecule has 0 saturated heterocycles. The maximum atomic E-state index is 11.7. The van der Waals surface area contributed by atoms with Crippen molar-refractivity contribution in [1.82, 2.24) is 15.7 Å². The van der Waals surface area contributed by atoms with Crippen molar-refractivity contribution < 1.29 is 8.42 Å². The molecule has 0 unspecified atom stereocenters. The van der Waals surface area contributed by atoms with Gasteiger partial charge in [-0.25, -0.2) is 14.3 Å². The summed E-state index contributed by atoms with van der Waals surface area (Å²) < 4.78 is 23.3. The van der Waals surface area contributed by atoms with Crippen molar-refractivity contribution in [3.63, 3.8) is 0 Å². The maximum absolute atomic E-state index is 11.7. The third-order valence-electron chi connectivity index (χ3n) is 1.76. The Morgan fingerprint density at radius 1 is 1.31 bits per heavy atom. The molecule has 0 aliphatic rings. The first kappa shape index (κ1) is 12.8. The lowest BCUT2D eigenvalue weighted by Crippen LogP contribution is -2.48. The number of hydrogen-bond donors (Lipinski definition) is 4. The van der Waals surface area contributed by atoms with E-state index in [0.29, 0.717) is 0 Å². The Balaban J connectivity index is 2.78. The number of aryl methyl sites for hydroxylation is 1. The standard InChI is InChI=1S/C8H12N4O2S2/c1-6-2-4-7(5-3-6)16(13,14)12-11-8(15)10-9/h2-5,12H,9H2,1H3,(H2,10,11,15). The van der Waals surface area contributed by atoms with Crippen molar-refractivity contribution in [3.05, 3.63) is 29.8 Å². The van der Waals surface area contributed by atoms with Crippen LogP contribution in [0.25, 0.3) is 0 Å². The van der Waals surface area contributed by atoms with Crippen LogP contribution in [0.5, 0.6) is 0 Å². The van der Waals surface area contributed by atoms with Crippen molar-refractivity contribution >= 4 is 27.4 Å². The molecule has 0 bridgehead atoms. The van der Waals surface area contributed by atoms with Crippen molar-refractivity contribution in [2.45, 2.75) is 11.8 Å². The number of rotatable bonds is 3. The summed E-state index contributed by atoms with van der Waals surface area (Å²) in [4.78, 5) is 2.23. The van der Waals surface area contributed by atoms with Gasteiger partial charge < -0.3 is 0 Å². The molecule has 88 valence electrons. The monoisotopic (exact) mass is 260 g/mol. The number of benzene rings is 1. The lowest BCUT2D eigenvalue weighted by atomic mass is 10.2. The van der Waals surface area contributed by atoms with Crippen LogP contribution in [0.3, 0.4) is 0 Å². The average molecular weight is 260 g/mol. The Labute approximate surface area is 99.2 Å². The molecule has 0 atom stereocenters. The molecule has 8 heteroatoms. The van der Waals surface area contributed by atoms with E-state index in [1.807, 2.05) is 6.92 Å². The Hall–Kier alpha value is -1.22. The van der Waals surface area contributed by atoms with Crippen molar-refractivity contribution in [1.29, 1.82) is 0 Å². The predicted octanol–water partition coefficient (Wildman–Crippen LogP) is -0.474. The fourth-order valence-corrected chi connectivity index (χ4v) is 1.89. The molecule has 0 fully saturated rings. The number of nitrogens with two attached hydrogens (primary N) is 1. The molecular weight excluding hydrogens is 248 g/mol. The fraction of sp³-hybridized carbons (Fsp3) is 0.125. The molecule has 0 aliphatic carbocycles. The minimum Gasteiger partial charge on any atom is -0.300 e. The zero-order valence-corrected chi connectivity index (χ0v) is 10.2. The number of thiocarbonyl (C=S) groups is 1. The van der Waals surface area contributed by atoms with E-state index in [-0.39, 0.29) is 10.0 Å². The second-order valence-corrected chi connectivity index (χ2v) is 5.11. The minimum atomic E-state index is -3.63. The van der Waals surface area contributed by atoms with Gasteiger partial charge >= 0.3 is 0 Å². The molecule has 0 radical (unpaired) electrons. The topological polar surface area (TPSA) is 96.2 Å². The molecule has 1 aromatic carbocycles.